The molecule has 11 fully saturated rings. The lowest BCUT2D eigenvalue weighted by Crippen LogP contribution is -2.71. The zero-order valence-electron chi connectivity index (χ0n) is 59.9. The van der Waals surface area contributed by atoms with E-state index in [1.54, 1.807) is 6.92 Å². The Morgan fingerprint density at radius 1 is 0.448 bits per heavy atom. The Morgan fingerprint density at radius 3 is 1.61 bits per heavy atom. The second-order valence-electron chi connectivity index (χ2n) is 33.4. The van der Waals surface area contributed by atoms with Crippen LogP contribution in [-0.4, -0.2) is 368 Å². The third-order valence-corrected chi connectivity index (χ3v) is 26.6. The van der Waals surface area contributed by atoms with Crippen LogP contribution in [0.2, 0.25) is 0 Å². The van der Waals surface area contributed by atoms with E-state index in [1.165, 1.54) is 13.8 Å². The minimum atomic E-state index is -2.07. The van der Waals surface area contributed by atoms with Crippen LogP contribution in [0.4, 0.5) is 0 Å². The van der Waals surface area contributed by atoms with E-state index in [-0.39, 0.29) is 36.5 Å². The molecule has 7 saturated heterocycles. The number of rotatable bonds is 17. The third-order valence-electron chi connectivity index (χ3n) is 26.6. The van der Waals surface area contributed by atoms with E-state index < -0.39 is 294 Å². The molecule has 7 heterocycles. The Labute approximate surface area is 605 Å². The number of hydrogen-bond acceptors (Lipinski definition) is 36. The molecular formula is C69H112O36. The molecule has 43 unspecified atom stereocenters. The fourth-order valence-electron chi connectivity index (χ4n) is 20.3. The largest absolute Gasteiger partial charge is 0.432 e. The lowest BCUT2D eigenvalue weighted by molar-refractivity contribution is -0.390. The molecule has 36 nitrogen and oxygen atoms in total. The highest BCUT2D eigenvalue weighted by Crippen LogP contribution is 2.76. The van der Waals surface area contributed by atoms with Crippen LogP contribution in [0, 0.1) is 50.2 Å². The van der Waals surface area contributed by atoms with Crippen molar-refractivity contribution >= 4 is 5.97 Å². The first-order valence-electron chi connectivity index (χ1n) is 36.7. The maximum Gasteiger partial charge on any atom is 0.317 e. The lowest BCUT2D eigenvalue weighted by Gasteiger charge is -2.72. The normalized spacial score (nSPS) is 55.9. The first-order valence-corrected chi connectivity index (χ1v) is 36.7. The topological polar surface area (TPSA) is 571 Å². The average molecular weight is 1520 g/mol. The van der Waals surface area contributed by atoms with E-state index in [0.717, 1.165) is 5.57 Å². The average Bonchev–Trinajstić information content (AvgIpc) is 0.669. The van der Waals surface area contributed by atoms with Gasteiger partial charge in [-0.25, -0.2) is 0 Å². The summed E-state index contributed by atoms with van der Waals surface area (Å²) in [5.41, 5.74) is -4.57. The summed E-state index contributed by atoms with van der Waals surface area (Å²) in [6, 6.07) is 0. The van der Waals surface area contributed by atoms with Crippen LogP contribution in [-0.2, 0) is 71.1 Å². The molecule has 12 aliphatic rings. The second kappa shape index (κ2) is 31.0. The van der Waals surface area contributed by atoms with Crippen molar-refractivity contribution in [1.82, 2.24) is 0 Å². The van der Waals surface area contributed by atoms with Gasteiger partial charge in [-0.05, 0) is 105 Å². The van der Waals surface area contributed by atoms with Gasteiger partial charge in [0.2, 0.25) is 6.29 Å². The van der Waals surface area contributed by atoms with E-state index in [4.69, 9.17) is 66.3 Å². The smallest absolute Gasteiger partial charge is 0.317 e. The third kappa shape index (κ3) is 14.2. The van der Waals surface area contributed by atoms with E-state index >= 15 is 4.79 Å². The molecule has 105 heavy (non-hydrogen) atoms. The number of esters is 1. The number of aliphatic hydroxyl groups excluding tert-OH is 21. The van der Waals surface area contributed by atoms with Crippen molar-refractivity contribution in [1.29, 1.82) is 0 Å². The minimum Gasteiger partial charge on any atom is -0.432 e. The fourth-order valence-corrected chi connectivity index (χ4v) is 20.3. The molecule has 36 heteroatoms. The molecule has 7 aliphatic heterocycles. The number of aliphatic hydroxyl groups is 21. The van der Waals surface area contributed by atoms with Crippen LogP contribution in [0.1, 0.15) is 107 Å². The standard InChI is InChI=1S/C69H112O36/c1-24-37(78)43(84)54(103-59-46(87)42(83)40(81)32(18-70)97-59)62(95-24)100-51-31(76)22-93-57(48(51)89)99-50-25(2)96-58(47(88)44(50)85)102-53-39(80)30(75)21-94-61(53)105-63(91)69-14-13-64(3,4)15-27(69)26-9-10-35-65(5)16-28(73)55(66(6,23-72)34(65)11-12-67(35,7)68(26,8)17-36(69)77)104-60-49(90)52(41(82)33(19-71)98-60)101-56-45(86)38(79)29(74)20-92-56/h9,24-25,27-62,70-90H,10-23H2,1-8H3. The van der Waals surface area contributed by atoms with Crippen LogP contribution in [0.15, 0.2) is 11.6 Å². The molecule has 0 bridgehead atoms. The number of carbonyl (C=O) groups excluding carboxylic acids is 1. The fraction of sp³-hybridized carbons (Fsp3) is 0.957. The van der Waals surface area contributed by atoms with Gasteiger partial charge in [0.15, 0.2) is 43.8 Å². The van der Waals surface area contributed by atoms with Crippen molar-refractivity contribution in [2.75, 3.05) is 39.6 Å². The summed E-state index contributed by atoms with van der Waals surface area (Å²) in [5, 5.41) is 234. The summed E-state index contributed by atoms with van der Waals surface area (Å²) in [7, 11) is 0. The highest BCUT2D eigenvalue weighted by Gasteiger charge is 2.74. The van der Waals surface area contributed by atoms with Crippen molar-refractivity contribution in [3.8, 4) is 0 Å². The van der Waals surface area contributed by atoms with Gasteiger partial charge in [-0.3, -0.25) is 4.79 Å². The summed E-state index contributed by atoms with van der Waals surface area (Å²) in [6.45, 7) is 11.3. The zero-order valence-corrected chi connectivity index (χ0v) is 59.9. The first kappa shape index (κ1) is 82.3. The van der Waals surface area contributed by atoms with E-state index in [1.807, 2.05) is 0 Å². The molecule has 0 spiro atoms. The molecule has 5 aliphatic carbocycles. The number of allylic oxidation sites excluding steroid dienone is 2. The van der Waals surface area contributed by atoms with Gasteiger partial charge in [0.25, 0.3) is 0 Å². The van der Waals surface area contributed by atoms with Crippen molar-refractivity contribution < 1.29 is 178 Å². The monoisotopic (exact) mass is 1520 g/mol. The van der Waals surface area contributed by atoms with Crippen molar-refractivity contribution in [3.05, 3.63) is 11.6 Å². The van der Waals surface area contributed by atoms with Gasteiger partial charge < -0.3 is 174 Å². The number of hydrogen-bond donors (Lipinski definition) is 21. The van der Waals surface area contributed by atoms with E-state index in [2.05, 4.69) is 40.7 Å². The Bertz CT molecular complexity index is 2990. The Balaban J connectivity index is 0.730. The predicted molar refractivity (Wildman–Crippen MR) is 344 cm³/mol. The first-order chi connectivity index (χ1) is 49.3. The molecule has 0 amide bonds. The van der Waals surface area contributed by atoms with Crippen LogP contribution in [0.25, 0.3) is 0 Å². The van der Waals surface area contributed by atoms with Crippen LogP contribution in [0.5, 0.6) is 0 Å². The van der Waals surface area contributed by atoms with E-state index in [0.29, 0.717) is 32.1 Å². The molecule has 0 radical (unpaired) electrons. The second-order valence-corrected chi connectivity index (χ2v) is 33.4. The van der Waals surface area contributed by atoms with Crippen molar-refractivity contribution in [3.63, 3.8) is 0 Å². The molecule has 12 rings (SSSR count). The number of ether oxygens (including phenoxy) is 14. The lowest BCUT2D eigenvalue weighted by atomic mass is 9.33. The molecule has 0 aromatic rings. The maximum absolute atomic E-state index is 15.6. The Kier molecular flexibility index (Phi) is 24.3. The zero-order chi connectivity index (χ0) is 76.6. The van der Waals surface area contributed by atoms with Gasteiger partial charge in [0.1, 0.15) is 140 Å². The molecule has 0 aromatic heterocycles. The Morgan fingerprint density at radius 2 is 0.962 bits per heavy atom. The van der Waals surface area contributed by atoms with E-state index in [9.17, 15) is 107 Å². The van der Waals surface area contributed by atoms with Crippen molar-refractivity contribution in [2.24, 2.45) is 50.2 Å². The molecule has 0 aromatic carbocycles. The molecule has 4 saturated carbocycles. The number of carbonyl (C=O) groups is 1. The van der Waals surface area contributed by atoms with Crippen LogP contribution < -0.4 is 0 Å². The summed E-state index contributed by atoms with van der Waals surface area (Å²) >= 11 is 0. The van der Waals surface area contributed by atoms with Crippen LogP contribution in [0.3, 0.4) is 0 Å². The quantitative estimate of drug-likeness (QED) is 0.0365. The highest BCUT2D eigenvalue weighted by molar-refractivity contribution is 5.80. The Hall–Kier alpha value is -2.15. The molecular weight excluding hydrogens is 1400 g/mol. The summed E-state index contributed by atoms with van der Waals surface area (Å²) < 4.78 is 82.8. The van der Waals surface area contributed by atoms with Gasteiger partial charge in [-0.2, -0.15) is 0 Å². The summed E-state index contributed by atoms with van der Waals surface area (Å²) in [4.78, 5) is 15.6. The predicted octanol–water partition coefficient (Wildman–Crippen LogP) is -7.68. The van der Waals surface area contributed by atoms with Crippen molar-refractivity contribution in [2.45, 2.75) is 322 Å². The minimum absolute atomic E-state index is 0.0586. The molecule has 43 atom stereocenters. The molecule has 21 N–H and O–H groups in total. The summed E-state index contributed by atoms with van der Waals surface area (Å²) in [6.07, 6.45) is -54.6. The maximum atomic E-state index is 15.6. The van der Waals surface area contributed by atoms with Gasteiger partial charge in [0.05, 0.1) is 70.2 Å². The highest BCUT2D eigenvalue weighted by atomic mass is 16.8. The SMILES string of the molecule is CC1OC(OC2C(O)COC(OC3C(C)OC(OC4C(OC(=O)C56CCC(C)(C)CC5C5=CCC7C8(C)CC(O)C(OC9OC(CO)C(O)C(OC%10OCC(O)C(O)C%10O)C9O)C(C)(CO)C8CCC7(C)C5(C)CC6O)OCC(O)C4O)C(O)C3O)C2O)C(OC2OC(CO)C(O)C(O)C2O)C(O)C1O. The summed E-state index contributed by atoms with van der Waals surface area (Å²) in [5.74, 6) is -2.16. The van der Waals surface area contributed by atoms with Gasteiger partial charge in [0, 0.05) is 5.41 Å². The van der Waals surface area contributed by atoms with Gasteiger partial charge >= 0.3 is 5.97 Å². The molecule has 604 valence electrons. The van der Waals surface area contributed by atoms with Gasteiger partial charge in [-0.1, -0.05) is 53.2 Å². The van der Waals surface area contributed by atoms with Crippen LogP contribution >= 0.6 is 0 Å². The number of fused-ring (bicyclic) bond motifs is 7. The van der Waals surface area contributed by atoms with Gasteiger partial charge in [-0.15, -0.1) is 0 Å².